The van der Waals surface area contributed by atoms with Crippen LogP contribution in [-0.2, 0) is 16.1 Å². The molecule has 0 saturated heterocycles. The van der Waals surface area contributed by atoms with E-state index in [4.69, 9.17) is 13.9 Å². The number of aliphatic hydroxyl groups is 1. The second-order valence-electron chi connectivity index (χ2n) is 9.55. The van der Waals surface area contributed by atoms with Crippen LogP contribution in [0.5, 0.6) is 11.5 Å². The minimum Gasteiger partial charge on any atom is -0.543 e. The summed E-state index contributed by atoms with van der Waals surface area (Å²) in [6, 6.07) is 13.2. The monoisotopic (exact) mass is 400 g/mol. The summed E-state index contributed by atoms with van der Waals surface area (Å²) in [7, 11) is -0.329. The lowest BCUT2D eigenvalue weighted by Gasteiger charge is -2.36. The highest BCUT2D eigenvalue weighted by molar-refractivity contribution is 6.74. The molecular formula is C23H32O4Si. The highest BCUT2D eigenvalue weighted by atomic mass is 28.4. The smallest absolute Gasteiger partial charge is 0.250 e. The maximum absolute atomic E-state index is 11.5. The van der Waals surface area contributed by atoms with E-state index in [1.165, 1.54) is 0 Å². The van der Waals surface area contributed by atoms with Crippen LogP contribution in [0.4, 0.5) is 0 Å². The molecule has 152 valence electrons. The van der Waals surface area contributed by atoms with Crippen LogP contribution in [0.25, 0.3) is 0 Å². The number of hydrogen-bond donors (Lipinski definition) is 1. The Kier molecular flexibility index (Phi) is 4.94. The minimum absolute atomic E-state index is 0.113. The van der Waals surface area contributed by atoms with Gasteiger partial charge < -0.3 is 19.0 Å². The van der Waals surface area contributed by atoms with Gasteiger partial charge in [-0.25, -0.2) is 0 Å². The molecule has 1 atom stereocenters. The molecule has 0 aromatic heterocycles. The van der Waals surface area contributed by atoms with E-state index >= 15 is 0 Å². The Labute approximate surface area is 169 Å². The Bertz CT molecular complexity index is 865. The lowest BCUT2D eigenvalue weighted by molar-refractivity contribution is -0.222. The Balaban J connectivity index is 2.02. The van der Waals surface area contributed by atoms with Crippen molar-refractivity contribution in [1.29, 1.82) is 0 Å². The van der Waals surface area contributed by atoms with Crippen molar-refractivity contribution in [3.05, 3.63) is 59.2 Å². The molecule has 4 nitrogen and oxygen atoms in total. The minimum atomic E-state index is -1.95. The molecule has 0 amide bonds. The zero-order valence-corrected chi connectivity index (χ0v) is 19.2. The molecule has 0 bridgehead atoms. The largest absolute Gasteiger partial charge is 0.543 e. The summed E-state index contributed by atoms with van der Waals surface area (Å²) < 4.78 is 17.9. The molecule has 0 radical (unpaired) electrons. The molecule has 1 aliphatic rings. The highest BCUT2D eigenvalue weighted by Crippen LogP contribution is 2.50. The third-order valence-corrected chi connectivity index (χ3v) is 10.4. The van der Waals surface area contributed by atoms with Gasteiger partial charge in [0.1, 0.15) is 11.5 Å². The van der Waals surface area contributed by atoms with E-state index in [2.05, 4.69) is 33.9 Å². The number of fused-ring (bicyclic) bond motifs is 1. The fourth-order valence-electron chi connectivity index (χ4n) is 3.34. The fraction of sp³-hybridized carbons (Fsp3) is 0.478. The zero-order valence-electron chi connectivity index (χ0n) is 18.2. The highest BCUT2D eigenvalue weighted by Gasteiger charge is 2.49. The topological polar surface area (TPSA) is 47.9 Å². The van der Waals surface area contributed by atoms with E-state index in [1.54, 1.807) is 7.11 Å². The second-order valence-corrected chi connectivity index (χ2v) is 14.3. The SMILES string of the molecule is COc1ccc(C2(O)OC(C)(C)c3cc(O[Si](C)(C)C(C)(C)C)ccc32)cc1. The van der Waals surface area contributed by atoms with E-state index in [1.807, 2.05) is 56.3 Å². The van der Waals surface area contributed by atoms with Crippen LogP contribution in [0.3, 0.4) is 0 Å². The van der Waals surface area contributed by atoms with Crippen molar-refractivity contribution in [1.82, 2.24) is 0 Å². The quantitative estimate of drug-likeness (QED) is 0.685. The molecule has 1 unspecified atom stereocenters. The van der Waals surface area contributed by atoms with Gasteiger partial charge in [-0.05, 0) is 80.0 Å². The summed E-state index contributed by atoms with van der Waals surface area (Å²) in [6.45, 7) is 15.1. The molecule has 1 N–H and O–H groups in total. The molecule has 0 fully saturated rings. The molecular weight excluding hydrogens is 368 g/mol. The third kappa shape index (κ3) is 3.47. The first kappa shape index (κ1) is 20.9. The van der Waals surface area contributed by atoms with Crippen molar-refractivity contribution in [2.24, 2.45) is 0 Å². The molecule has 1 heterocycles. The third-order valence-electron chi connectivity index (χ3n) is 6.07. The summed E-state index contributed by atoms with van der Waals surface area (Å²) in [5.74, 6) is 0.0737. The molecule has 5 heteroatoms. The van der Waals surface area contributed by atoms with E-state index in [9.17, 15) is 5.11 Å². The van der Waals surface area contributed by atoms with Gasteiger partial charge in [0.25, 0.3) is 0 Å². The van der Waals surface area contributed by atoms with Crippen LogP contribution in [0.2, 0.25) is 18.1 Å². The maximum Gasteiger partial charge on any atom is 0.250 e. The summed E-state index contributed by atoms with van der Waals surface area (Å²) in [6.07, 6.45) is 0. The van der Waals surface area contributed by atoms with Gasteiger partial charge in [0.2, 0.25) is 14.1 Å². The number of ether oxygens (including phenoxy) is 2. The first-order valence-electron chi connectivity index (χ1n) is 9.71. The molecule has 0 saturated carbocycles. The van der Waals surface area contributed by atoms with Crippen LogP contribution in [0.1, 0.15) is 51.3 Å². The average molecular weight is 401 g/mol. The number of hydrogen-bond acceptors (Lipinski definition) is 4. The van der Waals surface area contributed by atoms with Crippen LogP contribution < -0.4 is 9.16 Å². The van der Waals surface area contributed by atoms with Gasteiger partial charge in [-0.3, -0.25) is 0 Å². The molecule has 28 heavy (non-hydrogen) atoms. The predicted molar refractivity (Wildman–Crippen MR) is 114 cm³/mol. The summed E-state index contributed by atoms with van der Waals surface area (Å²) in [4.78, 5) is 0. The van der Waals surface area contributed by atoms with Crippen molar-refractivity contribution in [2.45, 2.75) is 64.1 Å². The van der Waals surface area contributed by atoms with E-state index < -0.39 is 19.7 Å². The first-order valence-corrected chi connectivity index (χ1v) is 12.6. The first-order chi connectivity index (χ1) is 12.8. The van der Waals surface area contributed by atoms with Crippen molar-refractivity contribution >= 4 is 8.32 Å². The van der Waals surface area contributed by atoms with Crippen LogP contribution in [0.15, 0.2) is 42.5 Å². The summed E-state index contributed by atoms with van der Waals surface area (Å²) in [5.41, 5.74) is 1.74. The van der Waals surface area contributed by atoms with Gasteiger partial charge in [-0.15, -0.1) is 0 Å². The van der Waals surface area contributed by atoms with Crippen LogP contribution in [0, 0.1) is 0 Å². The fourth-order valence-corrected chi connectivity index (χ4v) is 4.36. The number of rotatable bonds is 4. The van der Waals surface area contributed by atoms with E-state index in [0.29, 0.717) is 5.56 Å². The average Bonchev–Trinajstić information content (AvgIpc) is 2.80. The van der Waals surface area contributed by atoms with Crippen molar-refractivity contribution < 1.29 is 19.0 Å². The Morgan fingerprint density at radius 2 is 1.50 bits per heavy atom. The predicted octanol–water partition coefficient (Wildman–Crippen LogP) is 5.54. The Morgan fingerprint density at radius 3 is 2.04 bits per heavy atom. The van der Waals surface area contributed by atoms with Crippen LogP contribution >= 0.6 is 0 Å². The Hall–Kier alpha value is -1.82. The number of methoxy groups -OCH3 is 1. The van der Waals surface area contributed by atoms with Crippen LogP contribution in [-0.4, -0.2) is 20.5 Å². The van der Waals surface area contributed by atoms with Gasteiger partial charge in [-0.2, -0.15) is 0 Å². The van der Waals surface area contributed by atoms with Crippen molar-refractivity contribution in [3.8, 4) is 11.5 Å². The molecule has 0 spiro atoms. The Morgan fingerprint density at radius 1 is 0.929 bits per heavy atom. The molecule has 2 aromatic rings. The van der Waals surface area contributed by atoms with Gasteiger partial charge in [-0.1, -0.05) is 20.8 Å². The number of benzene rings is 2. The van der Waals surface area contributed by atoms with Crippen molar-refractivity contribution in [3.63, 3.8) is 0 Å². The van der Waals surface area contributed by atoms with Gasteiger partial charge in [0.05, 0.1) is 12.7 Å². The lowest BCUT2D eigenvalue weighted by atomic mass is 9.91. The molecule has 2 aromatic carbocycles. The maximum atomic E-state index is 11.5. The van der Waals surface area contributed by atoms with Gasteiger partial charge in [0, 0.05) is 11.1 Å². The summed E-state index contributed by atoms with van der Waals surface area (Å²) >= 11 is 0. The molecule has 0 aliphatic carbocycles. The standard InChI is InChI=1S/C23H32O4Si/c1-21(2,3)28(7,8)26-18-13-14-19-20(15-18)22(4,5)27-23(19,24)16-9-11-17(25-6)12-10-16/h9-15,24H,1-8H3. The zero-order chi connectivity index (χ0) is 21.0. The van der Waals surface area contributed by atoms with Gasteiger partial charge in [0.15, 0.2) is 0 Å². The van der Waals surface area contributed by atoms with Gasteiger partial charge >= 0.3 is 0 Å². The lowest BCUT2D eigenvalue weighted by Crippen LogP contribution is -2.43. The normalized spacial score (nSPS) is 21.3. The van der Waals surface area contributed by atoms with E-state index in [-0.39, 0.29) is 5.04 Å². The second kappa shape index (κ2) is 6.61. The molecule has 1 aliphatic heterocycles. The summed E-state index contributed by atoms with van der Waals surface area (Å²) in [5, 5.41) is 11.6. The van der Waals surface area contributed by atoms with Crippen molar-refractivity contribution in [2.75, 3.05) is 7.11 Å². The van der Waals surface area contributed by atoms with E-state index in [0.717, 1.165) is 22.6 Å². The molecule has 3 rings (SSSR count).